The average molecular weight is 392 g/mol. The second-order valence-corrected chi connectivity index (χ2v) is 7.55. The van der Waals surface area contributed by atoms with Gasteiger partial charge in [-0.25, -0.2) is 8.42 Å². The third-order valence-corrected chi connectivity index (χ3v) is 4.04. The number of para-hydroxylation sites is 4. The summed E-state index contributed by atoms with van der Waals surface area (Å²) in [4.78, 5) is 12.1. The van der Waals surface area contributed by atoms with Crippen molar-refractivity contribution in [2.75, 3.05) is 29.5 Å². The summed E-state index contributed by atoms with van der Waals surface area (Å²) in [5.74, 6) is 1.09. The molecule has 0 aromatic heterocycles. The second kappa shape index (κ2) is 9.82. The second-order valence-electron chi connectivity index (χ2n) is 5.80. The number of benzene rings is 2. The zero-order valence-electron chi connectivity index (χ0n) is 15.4. The molecular formula is C19H24N2O5S. The molecule has 0 bridgehead atoms. The Labute approximate surface area is 159 Å². The van der Waals surface area contributed by atoms with E-state index < -0.39 is 10.0 Å². The smallest absolute Gasteiger partial charge is 0.229 e. The summed E-state index contributed by atoms with van der Waals surface area (Å²) in [6, 6.07) is 14.0. The molecule has 2 N–H and O–H groups in total. The average Bonchev–Trinajstić information content (AvgIpc) is 2.61. The van der Waals surface area contributed by atoms with E-state index >= 15 is 0 Å². The fourth-order valence-electron chi connectivity index (χ4n) is 2.35. The summed E-state index contributed by atoms with van der Waals surface area (Å²) in [5, 5.41) is 2.72. The summed E-state index contributed by atoms with van der Waals surface area (Å²) in [7, 11) is -3.43. The van der Waals surface area contributed by atoms with Gasteiger partial charge in [0.05, 0.1) is 30.8 Å². The number of ether oxygens (including phenoxy) is 2. The highest BCUT2D eigenvalue weighted by atomic mass is 32.2. The van der Waals surface area contributed by atoms with E-state index in [-0.39, 0.29) is 12.3 Å². The predicted molar refractivity (Wildman–Crippen MR) is 106 cm³/mol. The van der Waals surface area contributed by atoms with Crippen molar-refractivity contribution in [2.45, 2.75) is 19.8 Å². The molecule has 0 saturated heterocycles. The number of rotatable bonds is 10. The van der Waals surface area contributed by atoms with Crippen molar-refractivity contribution < 1.29 is 22.7 Å². The molecule has 2 aromatic carbocycles. The van der Waals surface area contributed by atoms with Gasteiger partial charge in [-0.05, 0) is 37.6 Å². The number of hydrogen-bond donors (Lipinski definition) is 2. The summed E-state index contributed by atoms with van der Waals surface area (Å²) < 4.78 is 36.4. The van der Waals surface area contributed by atoms with Gasteiger partial charge in [0.2, 0.25) is 15.9 Å². The van der Waals surface area contributed by atoms with Gasteiger partial charge in [-0.15, -0.1) is 0 Å². The number of carbonyl (C=O) groups excluding carboxylic acids is 1. The SMILES string of the molecule is CCOc1ccccc1OCCCC(=O)Nc1ccccc1NS(C)(=O)=O. The first-order valence-electron chi connectivity index (χ1n) is 8.60. The van der Waals surface area contributed by atoms with Gasteiger partial charge < -0.3 is 14.8 Å². The quantitative estimate of drug-likeness (QED) is 0.606. The molecule has 0 saturated carbocycles. The normalized spacial score (nSPS) is 10.9. The molecule has 0 atom stereocenters. The molecule has 0 aliphatic heterocycles. The zero-order valence-corrected chi connectivity index (χ0v) is 16.2. The van der Waals surface area contributed by atoms with E-state index in [1.807, 2.05) is 31.2 Å². The van der Waals surface area contributed by atoms with Crippen molar-refractivity contribution in [3.8, 4) is 11.5 Å². The molecule has 146 valence electrons. The van der Waals surface area contributed by atoms with Gasteiger partial charge >= 0.3 is 0 Å². The van der Waals surface area contributed by atoms with Crippen LogP contribution in [0.2, 0.25) is 0 Å². The van der Waals surface area contributed by atoms with E-state index in [1.165, 1.54) is 0 Å². The number of sulfonamides is 1. The molecule has 0 aliphatic carbocycles. The maximum Gasteiger partial charge on any atom is 0.229 e. The van der Waals surface area contributed by atoms with Crippen LogP contribution in [0.25, 0.3) is 0 Å². The Morgan fingerprint density at radius 3 is 2.19 bits per heavy atom. The molecule has 7 nitrogen and oxygen atoms in total. The van der Waals surface area contributed by atoms with Crippen LogP contribution in [0.4, 0.5) is 11.4 Å². The van der Waals surface area contributed by atoms with Gasteiger partial charge in [0, 0.05) is 6.42 Å². The first-order chi connectivity index (χ1) is 12.9. The van der Waals surface area contributed by atoms with Crippen LogP contribution < -0.4 is 19.5 Å². The van der Waals surface area contributed by atoms with Crippen molar-refractivity contribution >= 4 is 27.3 Å². The van der Waals surface area contributed by atoms with E-state index in [9.17, 15) is 13.2 Å². The fraction of sp³-hybridized carbons (Fsp3) is 0.316. The highest BCUT2D eigenvalue weighted by Gasteiger charge is 2.10. The molecule has 0 fully saturated rings. The molecule has 0 heterocycles. The number of amides is 1. The summed E-state index contributed by atoms with van der Waals surface area (Å²) in [5.41, 5.74) is 0.741. The van der Waals surface area contributed by atoms with Crippen LogP contribution in [0, 0.1) is 0 Å². The Morgan fingerprint density at radius 2 is 1.56 bits per heavy atom. The number of carbonyl (C=O) groups is 1. The van der Waals surface area contributed by atoms with Gasteiger partial charge in [0.1, 0.15) is 0 Å². The van der Waals surface area contributed by atoms with Gasteiger partial charge in [-0.2, -0.15) is 0 Å². The Bertz CT molecular complexity index is 868. The molecule has 27 heavy (non-hydrogen) atoms. The maximum atomic E-state index is 12.1. The van der Waals surface area contributed by atoms with Crippen LogP contribution in [0.15, 0.2) is 48.5 Å². The lowest BCUT2D eigenvalue weighted by Gasteiger charge is -2.13. The van der Waals surface area contributed by atoms with Gasteiger partial charge in [0.15, 0.2) is 11.5 Å². The molecule has 0 radical (unpaired) electrons. The monoisotopic (exact) mass is 392 g/mol. The van der Waals surface area contributed by atoms with Gasteiger partial charge in [0.25, 0.3) is 0 Å². The minimum atomic E-state index is -3.43. The van der Waals surface area contributed by atoms with Crippen molar-refractivity contribution in [1.29, 1.82) is 0 Å². The fourth-order valence-corrected chi connectivity index (χ4v) is 2.93. The van der Waals surface area contributed by atoms with Crippen molar-refractivity contribution in [1.82, 2.24) is 0 Å². The molecule has 0 unspecified atom stereocenters. The summed E-state index contributed by atoms with van der Waals surface area (Å²) in [6.45, 7) is 2.81. The van der Waals surface area contributed by atoms with Crippen LogP contribution in [-0.2, 0) is 14.8 Å². The Balaban J connectivity index is 1.84. The Morgan fingerprint density at radius 1 is 0.963 bits per heavy atom. The van der Waals surface area contributed by atoms with Crippen LogP contribution in [0.5, 0.6) is 11.5 Å². The Kier molecular flexibility index (Phi) is 7.48. The Hall–Kier alpha value is -2.74. The molecular weight excluding hydrogens is 368 g/mol. The van der Waals surface area contributed by atoms with Crippen molar-refractivity contribution in [3.63, 3.8) is 0 Å². The van der Waals surface area contributed by atoms with Crippen molar-refractivity contribution in [3.05, 3.63) is 48.5 Å². The van der Waals surface area contributed by atoms with E-state index in [2.05, 4.69) is 10.0 Å². The lowest BCUT2D eigenvalue weighted by atomic mass is 10.2. The lowest BCUT2D eigenvalue weighted by Crippen LogP contribution is -2.16. The van der Waals surface area contributed by atoms with Crippen LogP contribution in [0.1, 0.15) is 19.8 Å². The largest absolute Gasteiger partial charge is 0.490 e. The number of anilines is 2. The highest BCUT2D eigenvalue weighted by molar-refractivity contribution is 7.92. The first kappa shape index (κ1) is 20.6. The van der Waals surface area contributed by atoms with E-state index in [0.717, 1.165) is 6.26 Å². The minimum absolute atomic E-state index is 0.223. The van der Waals surface area contributed by atoms with E-state index in [1.54, 1.807) is 24.3 Å². The topological polar surface area (TPSA) is 93.7 Å². The molecule has 0 spiro atoms. The van der Waals surface area contributed by atoms with Crippen LogP contribution >= 0.6 is 0 Å². The molecule has 2 aromatic rings. The summed E-state index contributed by atoms with van der Waals surface area (Å²) >= 11 is 0. The third-order valence-electron chi connectivity index (χ3n) is 3.45. The molecule has 1 amide bonds. The molecule has 8 heteroatoms. The highest BCUT2D eigenvalue weighted by Crippen LogP contribution is 2.26. The van der Waals surface area contributed by atoms with Crippen LogP contribution in [0.3, 0.4) is 0 Å². The van der Waals surface area contributed by atoms with Gasteiger partial charge in [-0.3, -0.25) is 9.52 Å². The predicted octanol–water partition coefficient (Wildman–Crippen LogP) is 3.25. The third kappa shape index (κ3) is 7.18. The summed E-state index contributed by atoms with van der Waals surface area (Å²) in [6.07, 6.45) is 1.81. The van der Waals surface area contributed by atoms with E-state index in [0.29, 0.717) is 42.5 Å². The molecule has 2 rings (SSSR count). The lowest BCUT2D eigenvalue weighted by molar-refractivity contribution is -0.116. The van der Waals surface area contributed by atoms with Gasteiger partial charge in [-0.1, -0.05) is 24.3 Å². The first-order valence-corrected chi connectivity index (χ1v) is 10.5. The number of nitrogens with one attached hydrogen (secondary N) is 2. The molecule has 0 aliphatic rings. The zero-order chi connectivity index (χ0) is 19.7. The van der Waals surface area contributed by atoms with Crippen molar-refractivity contribution in [2.24, 2.45) is 0 Å². The standard InChI is InChI=1S/C19H24N2O5S/c1-3-25-17-11-6-7-12-18(17)26-14-8-13-19(22)20-15-9-4-5-10-16(15)21-27(2,23)24/h4-7,9-12,21H,3,8,13-14H2,1-2H3,(H,20,22). The maximum absolute atomic E-state index is 12.1. The number of hydrogen-bond acceptors (Lipinski definition) is 5. The van der Waals surface area contributed by atoms with Crippen LogP contribution in [-0.4, -0.2) is 33.8 Å². The minimum Gasteiger partial charge on any atom is -0.490 e. The van der Waals surface area contributed by atoms with E-state index in [4.69, 9.17) is 9.47 Å².